The van der Waals surface area contributed by atoms with Gasteiger partial charge in [-0.1, -0.05) is 136 Å². The summed E-state index contributed by atoms with van der Waals surface area (Å²) in [6, 6.07) is 7.36. The fourth-order valence-corrected chi connectivity index (χ4v) is 10.8. The van der Waals surface area contributed by atoms with E-state index in [1.807, 2.05) is 109 Å². The Bertz CT molecular complexity index is 2750. The number of hydrogen-bond acceptors (Lipinski definition) is 12. The number of aliphatic hydroxyl groups is 1. The van der Waals surface area contributed by atoms with Crippen LogP contribution in [0.25, 0.3) is 0 Å². The number of nitrogens with zero attached hydrogens (tertiary/aromatic N) is 7. The van der Waals surface area contributed by atoms with Crippen LogP contribution in [0.5, 0.6) is 0 Å². The van der Waals surface area contributed by atoms with Gasteiger partial charge in [-0.05, 0) is 87.7 Å². The van der Waals surface area contributed by atoms with E-state index < -0.39 is 137 Å². The van der Waals surface area contributed by atoms with Gasteiger partial charge in [0.15, 0.2) is 0 Å². The van der Waals surface area contributed by atoms with Gasteiger partial charge in [0.25, 0.3) is 0 Å². The molecule has 0 aliphatic rings. The molecule has 91 heavy (non-hydrogen) atoms. The fourth-order valence-electron chi connectivity index (χ4n) is 10.8. The summed E-state index contributed by atoms with van der Waals surface area (Å²) in [5.41, 5.74) is 1.61. The van der Waals surface area contributed by atoms with Crippen LogP contribution in [0, 0.1) is 29.6 Å². The van der Waals surface area contributed by atoms with Crippen LogP contribution in [-0.4, -0.2) is 227 Å². The van der Waals surface area contributed by atoms with E-state index in [-0.39, 0.29) is 62.3 Å². The van der Waals surface area contributed by atoms with Crippen molar-refractivity contribution in [3.8, 4) is 0 Å². The Balaban J connectivity index is 2.37. The van der Waals surface area contributed by atoms with Crippen LogP contribution >= 0.6 is 0 Å². The normalized spacial score (nSPS) is 15.4. The van der Waals surface area contributed by atoms with E-state index in [9.17, 15) is 57.8 Å². The van der Waals surface area contributed by atoms with E-state index >= 15 is 0 Å². The summed E-state index contributed by atoms with van der Waals surface area (Å²) >= 11 is 0. The first-order chi connectivity index (χ1) is 42.3. The lowest BCUT2D eigenvalue weighted by molar-refractivity contribution is -0.152. The van der Waals surface area contributed by atoms with Crippen molar-refractivity contribution in [3.05, 3.63) is 71.8 Å². The smallest absolute Gasteiger partial charge is 0.246 e. The minimum Gasteiger partial charge on any atom is -0.392 e. The van der Waals surface area contributed by atoms with Crippen LogP contribution in [0.1, 0.15) is 141 Å². The number of aliphatic hydroxyl groups excluding tert-OH is 1. The molecular formula is C68H111N11O12. The molecule has 0 heterocycles. The number of rotatable bonds is 35. The highest BCUT2D eigenvalue weighted by Gasteiger charge is 2.43. The molecule has 0 radical (unpaired) electrons. The molecule has 0 fully saturated rings. The first-order valence-electron chi connectivity index (χ1n) is 32.1. The summed E-state index contributed by atoms with van der Waals surface area (Å²) in [7, 11) is 10.4. The zero-order valence-electron chi connectivity index (χ0n) is 58.5. The van der Waals surface area contributed by atoms with Crippen molar-refractivity contribution in [2.24, 2.45) is 29.6 Å². The van der Waals surface area contributed by atoms with Gasteiger partial charge in [-0.15, -0.1) is 0 Å². The molecule has 23 heteroatoms. The molecule has 5 N–H and O–H groups in total. The van der Waals surface area contributed by atoms with Gasteiger partial charge in [-0.3, -0.25) is 52.7 Å². The molecular weight excluding hydrogens is 1160 g/mol. The molecule has 0 aliphatic heterocycles. The molecule has 0 saturated carbocycles. The number of nitrogens with one attached hydrogen (secondary N) is 4. The molecule has 0 spiro atoms. The largest absolute Gasteiger partial charge is 0.392 e. The summed E-state index contributed by atoms with van der Waals surface area (Å²) in [5.74, 6) is -7.42. The highest BCUT2D eigenvalue weighted by atomic mass is 16.3. The Morgan fingerprint density at radius 3 is 1.26 bits per heavy atom. The molecule has 2 aromatic rings. The van der Waals surface area contributed by atoms with Gasteiger partial charge < -0.3 is 60.7 Å². The second kappa shape index (κ2) is 37.2. The molecule has 2 rings (SSSR count). The number of benzene rings is 2. The Morgan fingerprint density at radius 1 is 0.418 bits per heavy atom. The molecule has 0 bridgehead atoms. The van der Waals surface area contributed by atoms with Crippen molar-refractivity contribution in [2.45, 2.75) is 209 Å². The van der Waals surface area contributed by atoms with Gasteiger partial charge in [0.1, 0.15) is 60.4 Å². The maximum absolute atomic E-state index is 15.0. The van der Waals surface area contributed by atoms with Crippen molar-refractivity contribution in [1.29, 1.82) is 0 Å². The Kier molecular flexibility index (Phi) is 32.5. The van der Waals surface area contributed by atoms with Gasteiger partial charge in [0, 0.05) is 75.6 Å². The van der Waals surface area contributed by atoms with Crippen molar-refractivity contribution in [1.82, 2.24) is 55.6 Å². The number of likely N-dealkylation sites (N-methyl/N-ethyl adjacent to an activating group) is 7. The van der Waals surface area contributed by atoms with E-state index in [1.54, 1.807) is 20.8 Å². The molecule has 23 nitrogen and oxygen atoms in total. The number of carbonyl (C=O) groups is 11. The van der Waals surface area contributed by atoms with Gasteiger partial charge in [0.2, 0.25) is 65.0 Å². The lowest BCUT2D eigenvalue weighted by atomic mass is 9.93. The van der Waals surface area contributed by atoms with Crippen LogP contribution in [0.15, 0.2) is 60.7 Å². The summed E-state index contributed by atoms with van der Waals surface area (Å²) in [5, 5.41) is 20.9. The average Bonchev–Trinajstić information content (AvgIpc) is 1.73. The number of carbonyl (C=O) groups excluding carboxylic acids is 11. The monoisotopic (exact) mass is 1270 g/mol. The second-order valence-electron chi connectivity index (χ2n) is 26.5. The average molecular weight is 1270 g/mol. The predicted molar refractivity (Wildman–Crippen MR) is 352 cm³/mol. The van der Waals surface area contributed by atoms with Gasteiger partial charge >= 0.3 is 0 Å². The molecule has 0 aromatic heterocycles. The Hall–Kier alpha value is -7.43. The third-order valence-electron chi connectivity index (χ3n) is 17.1. The molecule has 0 aliphatic carbocycles. The molecule has 2 aromatic carbocycles. The molecule has 11 amide bonds. The number of hydrogen-bond donors (Lipinski definition) is 5. The lowest BCUT2D eigenvalue weighted by Gasteiger charge is -2.39. The van der Waals surface area contributed by atoms with Crippen molar-refractivity contribution < 1.29 is 57.8 Å². The Morgan fingerprint density at radius 2 is 0.824 bits per heavy atom. The first-order valence-corrected chi connectivity index (χ1v) is 32.1. The summed E-state index contributed by atoms with van der Waals surface area (Å²) < 4.78 is 0. The topological polar surface area (TPSA) is 279 Å². The standard InChI is InChI=1S/C68H111N11O12/c1-23-44(10)58(68(91)76(19)52(34-40(2)3)62(85)71-47(13)63(86)77(20)55(36-42(6)7)65(88)75(18)53(61(84)69-39-45(11)80)37-50-30-26-24-27-31-50)79(22)67(90)57(43(8)9)72-59(82)46(12)70-60(83)48(14)73(16)64(87)54(35-41(4)5)78(21)66(89)56(74(17)49(15)81)38-51-32-28-25-29-33-51/h24-33,40-48,52-58,80H,23,34-39H2,1-22H3,(H,69,84)(H,70,83)(H,71,85)(H,72,82)/t44-,45+,46-,47?,48-,52-,53-,54-,55-,56-,57+,58-/m0/s1. The third kappa shape index (κ3) is 23.3. The van der Waals surface area contributed by atoms with Crippen LogP contribution in [-0.2, 0) is 65.6 Å². The fraction of sp³-hybridized carbons (Fsp3) is 0.662. The first kappa shape index (κ1) is 79.7. The minimum absolute atomic E-state index is 0.0356. The van der Waals surface area contributed by atoms with E-state index in [0.717, 1.165) is 11.1 Å². The molecule has 0 saturated heterocycles. The SMILES string of the molecule is CC[C@H](C)[C@@H](C(=O)N(C)[C@@H](CC(C)C)C(=O)NC(C)C(=O)N(C)[C@@H](CC(C)C)C(=O)N(C)[C@@H](Cc1ccccc1)C(=O)NC[C@@H](C)O)N(C)C(=O)[C@H](NC(=O)[C@H](C)NC(=O)[C@H](C)N(C)C(=O)[C@H](CC(C)C)N(C)C(=O)[C@H](Cc1ccccc1)N(C)C(C)=O)C(C)C. The molecule has 12 atom stereocenters. The summed E-state index contributed by atoms with van der Waals surface area (Å²) in [4.78, 5) is 165. The van der Waals surface area contributed by atoms with E-state index in [1.165, 1.54) is 118 Å². The Labute approximate surface area is 542 Å². The maximum Gasteiger partial charge on any atom is 0.246 e. The van der Waals surface area contributed by atoms with Gasteiger partial charge in [-0.2, -0.15) is 0 Å². The van der Waals surface area contributed by atoms with Gasteiger partial charge in [0.05, 0.1) is 6.10 Å². The van der Waals surface area contributed by atoms with Crippen molar-refractivity contribution >= 4 is 65.0 Å². The quantitative estimate of drug-likeness (QED) is 0.0652. The van der Waals surface area contributed by atoms with E-state index in [2.05, 4.69) is 21.3 Å². The van der Waals surface area contributed by atoms with E-state index in [4.69, 9.17) is 0 Å². The lowest BCUT2D eigenvalue weighted by Crippen LogP contribution is -2.62. The zero-order valence-corrected chi connectivity index (χ0v) is 58.5. The second-order valence-corrected chi connectivity index (χ2v) is 26.5. The highest BCUT2D eigenvalue weighted by Crippen LogP contribution is 2.24. The minimum atomic E-state index is -1.22. The molecule has 510 valence electrons. The van der Waals surface area contributed by atoms with E-state index in [0.29, 0.717) is 6.42 Å². The predicted octanol–water partition coefficient (Wildman–Crippen LogP) is 4.13. The van der Waals surface area contributed by atoms with Gasteiger partial charge in [-0.25, -0.2) is 0 Å². The third-order valence-corrected chi connectivity index (χ3v) is 17.1. The summed E-state index contributed by atoms with van der Waals surface area (Å²) in [6.07, 6.45) is 0.586. The highest BCUT2D eigenvalue weighted by molar-refractivity contribution is 5.99. The van der Waals surface area contributed by atoms with Crippen molar-refractivity contribution in [3.63, 3.8) is 0 Å². The zero-order chi connectivity index (χ0) is 69.6. The number of amides is 11. The van der Waals surface area contributed by atoms with Crippen LogP contribution in [0.3, 0.4) is 0 Å². The summed E-state index contributed by atoms with van der Waals surface area (Å²) in [6.45, 7) is 25.7. The van der Waals surface area contributed by atoms with Crippen LogP contribution in [0.2, 0.25) is 0 Å². The van der Waals surface area contributed by atoms with Crippen molar-refractivity contribution in [2.75, 3.05) is 55.9 Å². The van der Waals surface area contributed by atoms with Crippen LogP contribution < -0.4 is 21.3 Å². The molecule has 1 unspecified atom stereocenters. The van der Waals surface area contributed by atoms with Crippen LogP contribution in [0.4, 0.5) is 0 Å². The maximum atomic E-state index is 15.0.